The topological polar surface area (TPSA) is 63.4 Å². The lowest BCUT2D eigenvalue weighted by Gasteiger charge is -2.31. The minimum absolute atomic E-state index is 0.162. The fourth-order valence-corrected chi connectivity index (χ4v) is 4.21. The number of benzene rings is 1. The van der Waals surface area contributed by atoms with E-state index >= 15 is 0 Å². The third-order valence-electron chi connectivity index (χ3n) is 6.05. The standard InChI is InChI=1S/C24H23N5O/c1-15-6-4-5-7-20(15)18-12-19-14-28(11-9-21(19)26-13-18)24-17(3)16(2)23-25-10-8-22(30)29(23)27-24/h4-8,10,12-13H,9,11,14H2,1-3H3. The molecule has 0 radical (unpaired) electrons. The number of aryl methyl sites for hydroxylation is 2. The van der Waals surface area contributed by atoms with E-state index in [1.165, 1.54) is 27.3 Å². The number of fused-ring (bicyclic) bond motifs is 2. The summed E-state index contributed by atoms with van der Waals surface area (Å²) in [5, 5.41) is 4.67. The van der Waals surface area contributed by atoms with Gasteiger partial charge >= 0.3 is 0 Å². The highest BCUT2D eigenvalue weighted by atomic mass is 16.1. The maximum Gasteiger partial charge on any atom is 0.274 e. The average Bonchev–Trinajstić information content (AvgIpc) is 2.76. The molecular formula is C24H23N5O. The van der Waals surface area contributed by atoms with E-state index in [1.54, 1.807) is 6.20 Å². The van der Waals surface area contributed by atoms with Crippen LogP contribution in [-0.4, -0.2) is 26.1 Å². The van der Waals surface area contributed by atoms with E-state index in [1.807, 2.05) is 20.0 Å². The quantitative estimate of drug-likeness (QED) is 0.517. The maximum atomic E-state index is 12.3. The van der Waals surface area contributed by atoms with Gasteiger partial charge in [0.15, 0.2) is 11.5 Å². The lowest BCUT2D eigenvalue weighted by Crippen LogP contribution is -2.33. The third-order valence-corrected chi connectivity index (χ3v) is 6.05. The van der Waals surface area contributed by atoms with Crippen molar-refractivity contribution in [3.63, 3.8) is 0 Å². The molecule has 4 heterocycles. The third kappa shape index (κ3) is 2.96. The molecule has 0 bridgehead atoms. The Hall–Kier alpha value is -3.54. The molecule has 150 valence electrons. The SMILES string of the molecule is Cc1ccccc1-c1cnc2c(c1)CN(c1nn3c(=O)ccnc3c(C)c1C)CC2. The average molecular weight is 397 g/mol. The van der Waals surface area contributed by atoms with E-state index in [9.17, 15) is 4.79 Å². The van der Waals surface area contributed by atoms with Crippen LogP contribution >= 0.6 is 0 Å². The van der Waals surface area contributed by atoms with Crippen molar-refractivity contribution in [2.24, 2.45) is 0 Å². The summed E-state index contributed by atoms with van der Waals surface area (Å²) in [6.45, 7) is 7.71. The monoisotopic (exact) mass is 397 g/mol. The Kier molecular flexibility index (Phi) is 4.35. The van der Waals surface area contributed by atoms with Crippen LogP contribution in [0, 0.1) is 20.8 Å². The van der Waals surface area contributed by atoms with Crippen molar-refractivity contribution in [2.75, 3.05) is 11.4 Å². The molecule has 3 aromatic heterocycles. The van der Waals surface area contributed by atoms with Gasteiger partial charge in [-0.25, -0.2) is 4.98 Å². The first-order chi connectivity index (χ1) is 14.5. The van der Waals surface area contributed by atoms with E-state index in [0.717, 1.165) is 47.7 Å². The second-order valence-corrected chi connectivity index (χ2v) is 7.91. The highest BCUT2D eigenvalue weighted by Crippen LogP contribution is 2.30. The molecule has 1 aromatic carbocycles. The van der Waals surface area contributed by atoms with Gasteiger partial charge in [0.2, 0.25) is 0 Å². The zero-order valence-electron chi connectivity index (χ0n) is 17.4. The van der Waals surface area contributed by atoms with Gasteiger partial charge in [-0.1, -0.05) is 24.3 Å². The number of aromatic nitrogens is 4. The molecule has 1 aliphatic rings. The number of hydrogen-bond acceptors (Lipinski definition) is 5. The van der Waals surface area contributed by atoms with Gasteiger partial charge in [-0.2, -0.15) is 4.52 Å². The second-order valence-electron chi connectivity index (χ2n) is 7.91. The van der Waals surface area contributed by atoms with Crippen LogP contribution in [0.15, 0.2) is 53.6 Å². The molecule has 30 heavy (non-hydrogen) atoms. The number of nitrogens with zero attached hydrogens (tertiary/aromatic N) is 5. The summed E-state index contributed by atoms with van der Waals surface area (Å²) in [5.74, 6) is 0.835. The molecule has 0 amide bonds. The predicted molar refractivity (Wildman–Crippen MR) is 118 cm³/mol. The lowest BCUT2D eigenvalue weighted by atomic mass is 9.97. The number of hydrogen-bond donors (Lipinski definition) is 0. The first-order valence-corrected chi connectivity index (χ1v) is 10.2. The van der Waals surface area contributed by atoms with Crippen LogP contribution in [0.2, 0.25) is 0 Å². The summed E-state index contributed by atoms with van der Waals surface area (Å²) in [6, 6.07) is 12.1. The lowest BCUT2D eigenvalue weighted by molar-refractivity contribution is 0.684. The van der Waals surface area contributed by atoms with Gasteiger partial charge in [0, 0.05) is 60.4 Å². The molecule has 0 fully saturated rings. The normalized spacial score (nSPS) is 13.5. The van der Waals surface area contributed by atoms with Crippen LogP contribution in [-0.2, 0) is 13.0 Å². The molecule has 0 atom stereocenters. The predicted octanol–water partition coefficient (Wildman–Crippen LogP) is 3.64. The molecule has 0 N–H and O–H groups in total. The van der Waals surface area contributed by atoms with Crippen LogP contribution in [0.3, 0.4) is 0 Å². The molecule has 0 spiro atoms. The van der Waals surface area contributed by atoms with Crippen molar-refractivity contribution >= 4 is 11.5 Å². The zero-order chi connectivity index (χ0) is 20.8. The summed E-state index contributed by atoms with van der Waals surface area (Å²) >= 11 is 0. The van der Waals surface area contributed by atoms with Crippen LogP contribution in [0.25, 0.3) is 16.8 Å². The van der Waals surface area contributed by atoms with Crippen molar-refractivity contribution in [2.45, 2.75) is 33.7 Å². The first-order valence-electron chi connectivity index (χ1n) is 10.2. The molecule has 0 unspecified atom stereocenters. The fourth-order valence-electron chi connectivity index (χ4n) is 4.21. The summed E-state index contributed by atoms with van der Waals surface area (Å²) in [7, 11) is 0. The largest absolute Gasteiger partial charge is 0.350 e. The second kappa shape index (κ2) is 7.06. The van der Waals surface area contributed by atoms with Gasteiger partial charge in [-0.15, -0.1) is 5.10 Å². The van der Waals surface area contributed by atoms with Gasteiger partial charge in [-0.05, 0) is 43.5 Å². The fraction of sp³-hybridized carbons (Fsp3) is 0.250. The van der Waals surface area contributed by atoms with Gasteiger partial charge in [-0.3, -0.25) is 9.78 Å². The Morgan fingerprint density at radius 1 is 1.00 bits per heavy atom. The van der Waals surface area contributed by atoms with Crippen LogP contribution in [0.1, 0.15) is 27.9 Å². The van der Waals surface area contributed by atoms with Crippen LogP contribution < -0.4 is 10.5 Å². The highest BCUT2D eigenvalue weighted by Gasteiger charge is 2.23. The summed E-state index contributed by atoms with van der Waals surface area (Å²) in [6.07, 6.45) is 4.37. The summed E-state index contributed by atoms with van der Waals surface area (Å²) < 4.78 is 1.41. The van der Waals surface area contributed by atoms with Gasteiger partial charge in [0.05, 0.1) is 0 Å². The summed E-state index contributed by atoms with van der Waals surface area (Å²) in [4.78, 5) is 23.7. The Morgan fingerprint density at radius 2 is 1.83 bits per heavy atom. The Labute approximate surface area is 174 Å². The molecule has 0 saturated heterocycles. The van der Waals surface area contributed by atoms with E-state index in [0.29, 0.717) is 5.65 Å². The van der Waals surface area contributed by atoms with E-state index in [2.05, 4.69) is 52.2 Å². The van der Waals surface area contributed by atoms with Gasteiger partial charge in [0.1, 0.15) is 0 Å². The van der Waals surface area contributed by atoms with Crippen LogP contribution in [0.4, 0.5) is 5.82 Å². The highest BCUT2D eigenvalue weighted by molar-refractivity contribution is 5.68. The van der Waals surface area contributed by atoms with Crippen molar-refractivity contribution in [3.05, 3.63) is 87.1 Å². The van der Waals surface area contributed by atoms with Crippen molar-refractivity contribution in [3.8, 4) is 11.1 Å². The minimum Gasteiger partial charge on any atom is -0.350 e. The number of anilines is 1. The Bertz CT molecular complexity index is 1340. The molecule has 1 aliphatic heterocycles. The zero-order valence-corrected chi connectivity index (χ0v) is 17.4. The van der Waals surface area contributed by atoms with Gasteiger partial charge in [0.25, 0.3) is 5.56 Å². The molecule has 0 aliphatic carbocycles. The van der Waals surface area contributed by atoms with Gasteiger partial charge < -0.3 is 4.90 Å². The molecule has 0 saturated carbocycles. The number of rotatable bonds is 2. The molecule has 6 nitrogen and oxygen atoms in total. The van der Waals surface area contributed by atoms with E-state index < -0.39 is 0 Å². The summed E-state index contributed by atoms with van der Waals surface area (Å²) in [5.41, 5.74) is 8.41. The van der Waals surface area contributed by atoms with Crippen molar-refractivity contribution in [1.82, 2.24) is 19.6 Å². The molecular weight excluding hydrogens is 374 g/mol. The Balaban J connectivity index is 1.57. The van der Waals surface area contributed by atoms with Crippen LogP contribution in [0.5, 0.6) is 0 Å². The maximum absolute atomic E-state index is 12.3. The molecule has 6 heteroatoms. The van der Waals surface area contributed by atoms with E-state index in [4.69, 9.17) is 4.98 Å². The van der Waals surface area contributed by atoms with Crippen molar-refractivity contribution < 1.29 is 0 Å². The number of pyridine rings is 1. The molecule has 5 rings (SSSR count). The first kappa shape index (κ1) is 18.5. The van der Waals surface area contributed by atoms with E-state index in [-0.39, 0.29) is 5.56 Å². The van der Waals surface area contributed by atoms with Crippen molar-refractivity contribution in [1.29, 1.82) is 0 Å². The molecule has 4 aromatic rings. The minimum atomic E-state index is -0.162. The Morgan fingerprint density at radius 3 is 2.67 bits per heavy atom. The smallest absolute Gasteiger partial charge is 0.274 e.